The van der Waals surface area contributed by atoms with Crippen molar-refractivity contribution in [2.45, 2.75) is 6.92 Å². The molecule has 1 aromatic heterocycles. The van der Waals surface area contributed by atoms with Crippen molar-refractivity contribution in [3.8, 4) is 17.1 Å². The highest BCUT2D eigenvalue weighted by atomic mass is 35.5. The van der Waals surface area contributed by atoms with Crippen LogP contribution in [0.4, 0.5) is 11.4 Å². The highest BCUT2D eigenvalue weighted by molar-refractivity contribution is 6.30. The first-order valence-corrected chi connectivity index (χ1v) is 9.92. The highest BCUT2D eigenvalue weighted by Crippen LogP contribution is 2.30. The smallest absolute Gasteiger partial charge is 0.0900 e. The number of rotatable bonds is 3. The summed E-state index contributed by atoms with van der Waals surface area (Å²) in [7, 11) is 0. The Morgan fingerprint density at radius 2 is 1.77 bits per heavy atom. The van der Waals surface area contributed by atoms with E-state index in [9.17, 15) is 0 Å². The number of fused-ring (bicyclic) bond motifs is 2. The van der Waals surface area contributed by atoms with Crippen LogP contribution < -0.4 is 10.7 Å². The average Bonchev–Trinajstić information content (AvgIpc) is 2.75. The summed E-state index contributed by atoms with van der Waals surface area (Å²) >= 11 is 6.10. The van der Waals surface area contributed by atoms with Gasteiger partial charge in [-0.15, -0.1) is 0 Å². The van der Waals surface area contributed by atoms with Crippen LogP contribution in [-0.2, 0) is 0 Å². The van der Waals surface area contributed by atoms with Crippen molar-refractivity contribution in [2.24, 2.45) is 0 Å². The average molecular weight is 412 g/mol. The van der Waals surface area contributed by atoms with Crippen molar-refractivity contribution >= 4 is 34.0 Å². The third-order valence-corrected chi connectivity index (χ3v) is 5.25. The number of hydrogen-bond acceptors (Lipinski definition) is 4. The molecular weight excluding hydrogens is 394 g/mol. The summed E-state index contributed by atoms with van der Waals surface area (Å²) < 4.78 is 2.11. The van der Waals surface area contributed by atoms with Gasteiger partial charge in [-0.1, -0.05) is 23.7 Å². The zero-order chi connectivity index (χ0) is 20.7. The first kappa shape index (κ1) is 18.3. The Labute approximate surface area is 178 Å². The molecule has 0 unspecified atom stereocenters. The Kier molecular flexibility index (Phi) is 4.45. The van der Waals surface area contributed by atoms with Crippen molar-refractivity contribution in [3.63, 3.8) is 0 Å². The Balaban J connectivity index is 1.74. The third kappa shape index (κ3) is 3.29. The summed E-state index contributed by atoms with van der Waals surface area (Å²) in [5.74, 6) is 0. The molecule has 0 spiro atoms. The lowest BCUT2D eigenvalue weighted by atomic mass is 10.1. The fourth-order valence-corrected chi connectivity index (χ4v) is 3.65. The number of nitrogens with zero attached hydrogens (tertiary/aromatic N) is 3. The molecule has 146 valence electrons. The minimum atomic E-state index is 0.378. The van der Waals surface area contributed by atoms with E-state index < -0.39 is 0 Å². The first-order chi connectivity index (χ1) is 14.6. The molecule has 2 N–H and O–H groups in total. The number of hydrogen-bond donors (Lipinski definition) is 2. The van der Waals surface area contributed by atoms with Gasteiger partial charge in [0.25, 0.3) is 0 Å². The lowest BCUT2D eigenvalue weighted by molar-refractivity contribution is 1.07. The topological polar surface area (TPSA) is 66.6 Å². The molecule has 1 aliphatic carbocycles. The van der Waals surface area contributed by atoms with Crippen LogP contribution in [0.5, 0.6) is 0 Å². The van der Waals surface area contributed by atoms with Gasteiger partial charge >= 0.3 is 0 Å². The summed E-state index contributed by atoms with van der Waals surface area (Å²) in [5.41, 5.74) is 6.91. The van der Waals surface area contributed by atoms with Gasteiger partial charge in [-0.2, -0.15) is 0 Å². The predicted octanol–water partition coefficient (Wildman–Crippen LogP) is 5.71. The van der Waals surface area contributed by atoms with E-state index in [2.05, 4.69) is 14.9 Å². The molecule has 0 saturated heterocycles. The van der Waals surface area contributed by atoms with E-state index in [0.29, 0.717) is 16.1 Å². The maximum absolute atomic E-state index is 8.60. The molecule has 3 aromatic rings. The SMILES string of the molecule is Cc1ccc(Nc2cc3nc4ccccc4n(-c4ccc(Cl)cc4)c-3cc2=N)cn1. The van der Waals surface area contributed by atoms with Crippen LogP contribution in [0.1, 0.15) is 5.69 Å². The molecule has 0 atom stereocenters. The quantitative estimate of drug-likeness (QED) is 0.373. The van der Waals surface area contributed by atoms with Crippen LogP contribution in [0, 0.1) is 12.3 Å². The monoisotopic (exact) mass is 411 g/mol. The van der Waals surface area contributed by atoms with Crippen molar-refractivity contribution in [1.82, 2.24) is 14.5 Å². The number of anilines is 2. The molecular formula is C24H18ClN5. The normalized spacial score (nSPS) is 11.1. The Bertz CT molecular complexity index is 1390. The molecule has 1 aliphatic heterocycles. The van der Waals surface area contributed by atoms with Gasteiger partial charge in [0.15, 0.2) is 0 Å². The molecule has 2 aliphatic rings. The van der Waals surface area contributed by atoms with E-state index in [1.807, 2.05) is 79.7 Å². The number of para-hydroxylation sites is 2. The van der Waals surface area contributed by atoms with Gasteiger partial charge < -0.3 is 9.88 Å². The number of aryl methyl sites for hydroxylation is 1. The second-order valence-corrected chi connectivity index (χ2v) is 7.55. The maximum Gasteiger partial charge on any atom is 0.0900 e. The number of nitrogens with one attached hydrogen (secondary N) is 2. The van der Waals surface area contributed by atoms with Gasteiger partial charge in [0, 0.05) is 16.4 Å². The predicted molar refractivity (Wildman–Crippen MR) is 121 cm³/mol. The number of aromatic nitrogens is 3. The molecule has 0 fully saturated rings. The zero-order valence-corrected chi connectivity index (χ0v) is 17.0. The van der Waals surface area contributed by atoms with Crippen LogP contribution in [0.2, 0.25) is 5.02 Å². The van der Waals surface area contributed by atoms with Gasteiger partial charge in [0.05, 0.1) is 45.4 Å². The largest absolute Gasteiger partial charge is 0.352 e. The summed E-state index contributed by atoms with van der Waals surface area (Å²) in [6.45, 7) is 1.94. The van der Waals surface area contributed by atoms with E-state index in [1.54, 1.807) is 6.20 Å². The molecule has 5 rings (SSSR count). The van der Waals surface area contributed by atoms with Gasteiger partial charge in [-0.05, 0) is 67.6 Å². The molecule has 2 heterocycles. The van der Waals surface area contributed by atoms with E-state index in [4.69, 9.17) is 22.0 Å². The summed E-state index contributed by atoms with van der Waals surface area (Å²) in [5, 5.41) is 12.9. The second-order valence-electron chi connectivity index (χ2n) is 7.11. The summed E-state index contributed by atoms with van der Waals surface area (Å²) in [6.07, 6.45) is 1.76. The van der Waals surface area contributed by atoms with Crippen molar-refractivity contribution in [2.75, 3.05) is 5.32 Å². The van der Waals surface area contributed by atoms with Crippen molar-refractivity contribution in [3.05, 3.63) is 95.1 Å². The van der Waals surface area contributed by atoms with Crippen molar-refractivity contribution < 1.29 is 0 Å². The van der Waals surface area contributed by atoms with Crippen LogP contribution >= 0.6 is 11.6 Å². The maximum atomic E-state index is 8.60. The Morgan fingerprint density at radius 3 is 2.53 bits per heavy atom. The lowest BCUT2D eigenvalue weighted by Gasteiger charge is -2.20. The minimum Gasteiger partial charge on any atom is -0.352 e. The zero-order valence-electron chi connectivity index (χ0n) is 16.2. The van der Waals surface area contributed by atoms with Crippen LogP contribution in [0.15, 0.2) is 79.0 Å². The Morgan fingerprint density at radius 1 is 0.967 bits per heavy atom. The van der Waals surface area contributed by atoms with Crippen LogP contribution in [0.3, 0.4) is 0 Å². The lowest BCUT2D eigenvalue weighted by Crippen LogP contribution is -2.13. The van der Waals surface area contributed by atoms with Gasteiger partial charge in [0.2, 0.25) is 0 Å². The van der Waals surface area contributed by atoms with E-state index in [0.717, 1.165) is 39.5 Å². The van der Waals surface area contributed by atoms with Crippen LogP contribution in [-0.4, -0.2) is 14.5 Å². The summed E-state index contributed by atoms with van der Waals surface area (Å²) in [4.78, 5) is 9.17. The molecule has 0 saturated carbocycles. The third-order valence-electron chi connectivity index (χ3n) is 4.99. The molecule has 0 radical (unpaired) electrons. The van der Waals surface area contributed by atoms with Gasteiger partial charge in [-0.3, -0.25) is 10.4 Å². The van der Waals surface area contributed by atoms with E-state index >= 15 is 0 Å². The first-order valence-electron chi connectivity index (χ1n) is 9.54. The molecule has 0 bridgehead atoms. The second kappa shape index (κ2) is 7.28. The molecule has 2 aromatic carbocycles. The molecule has 0 amide bonds. The van der Waals surface area contributed by atoms with Gasteiger partial charge in [0.1, 0.15) is 0 Å². The van der Waals surface area contributed by atoms with Crippen LogP contribution in [0.25, 0.3) is 28.1 Å². The molecule has 6 heteroatoms. The highest BCUT2D eigenvalue weighted by Gasteiger charge is 2.16. The standard InChI is InChI=1S/C24H18ClN5/c1-15-6-9-17(14-27-15)28-21-13-22-24(12-19(21)26)30(18-10-7-16(25)8-11-18)23-5-3-2-4-20(23)29-22/h2-14,26,28H,1H3. The summed E-state index contributed by atoms with van der Waals surface area (Å²) in [6, 6.07) is 23.3. The number of pyridine rings is 1. The molecule has 30 heavy (non-hydrogen) atoms. The van der Waals surface area contributed by atoms with Crippen molar-refractivity contribution in [1.29, 1.82) is 5.41 Å². The Hall–Kier alpha value is -3.70. The number of benzene rings is 3. The number of halogens is 1. The fraction of sp³-hybridized carbons (Fsp3) is 0.0417. The fourth-order valence-electron chi connectivity index (χ4n) is 3.52. The minimum absolute atomic E-state index is 0.378. The van der Waals surface area contributed by atoms with E-state index in [1.165, 1.54) is 0 Å². The molecule has 5 nitrogen and oxygen atoms in total. The van der Waals surface area contributed by atoms with Gasteiger partial charge in [-0.25, -0.2) is 4.98 Å². The van der Waals surface area contributed by atoms with E-state index in [-0.39, 0.29) is 0 Å².